The van der Waals surface area contributed by atoms with Gasteiger partial charge in [0.05, 0.1) is 11.8 Å². The van der Waals surface area contributed by atoms with Crippen molar-refractivity contribution in [1.29, 1.82) is 0 Å². The number of likely N-dealkylation sites (tertiary alicyclic amines) is 1. The van der Waals surface area contributed by atoms with E-state index < -0.39 is 11.9 Å². The summed E-state index contributed by atoms with van der Waals surface area (Å²) in [5, 5.41) is 4.10. The quantitative estimate of drug-likeness (QED) is 0.851. The summed E-state index contributed by atoms with van der Waals surface area (Å²) in [4.78, 5) is 18.1. The van der Waals surface area contributed by atoms with Crippen LogP contribution < -0.4 is 0 Å². The molecule has 0 bridgehead atoms. The second-order valence-electron chi connectivity index (χ2n) is 6.27. The molecule has 1 unspecified atom stereocenters. The van der Waals surface area contributed by atoms with Gasteiger partial charge in [0.25, 0.3) is 5.91 Å². The van der Waals surface area contributed by atoms with Crippen molar-refractivity contribution >= 4 is 5.91 Å². The first kappa shape index (κ1) is 17.5. The van der Waals surface area contributed by atoms with Gasteiger partial charge in [0.2, 0.25) is 0 Å². The molecule has 1 aliphatic heterocycles. The van der Waals surface area contributed by atoms with Gasteiger partial charge in [-0.05, 0) is 19.8 Å². The van der Waals surface area contributed by atoms with E-state index in [0.717, 1.165) is 12.6 Å². The second kappa shape index (κ2) is 6.53. The highest BCUT2D eigenvalue weighted by molar-refractivity contribution is 5.93. The molecule has 0 N–H and O–H groups in total. The third-order valence-electron chi connectivity index (χ3n) is 4.48. The number of imidazole rings is 1. The normalized spacial score (nSPS) is 18.6. The SMILES string of the molecule is CCn1cc(C(=O)N2CCCC(c3nc(C(F)(F)F)cn3C)C2)cn1. The van der Waals surface area contributed by atoms with E-state index in [1.165, 1.54) is 10.8 Å². The second-order valence-corrected chi connectivity index (χ2v) is 6.27. The van der Waals surface area contributed by atoms with E-state index in [0.29, 0.717) is 37.4 Å². The maximum atomic E-state index is 12.9. The van der Waals surface area contributed by atoms with E-state index in [1.807, 2.05) is 6.92 Å². The van der Waals surface area contributed by atoms with Crippen LogP contribution in [0.3, 0.4) is 0 Å². The Morgan fingerprint density at radius 2 is 2.12 bits per heavy atom. The van der Waals surface area contributed by atoms with Crippen LogP contribution in [0.2, 0.25) is 0 Å². The first-order valence-electron chi connectivity index (χ1n) is 8.21. The highest BCUT2D eigenvalue weighted by Crippen LogP contribution is 2.32. The van der Waals surface area contributed by atoms with Crippen LogP contribution in [0.5, 0.6) is 0 Å². The van der Waals surface area contributed by atoms with Crippen LogP contribution in [0.4, 0.5) is 13.2 Å². The molecule has 9 heteroatoms. The predicted octanol–water partition coefficient (Wildman–Crippen LogP) is 2.68. The number of carbonyl (C=O) groups excluding carboxylic acids is 1. The van der Waals surface area contributed by atoms with Gasteiger partial charge in [-0.3, -0.25) is 9.48 Å². The molecule has 0 radical (unpaired) electrons. The van der Waals surface area contributed by atoms with E-state index in [1.54, 1.807) is 22.8 Å². The molecule has 0 saturated carbocycles. The van der Waals surface area contributed by atoms with E-state index in [9.17, 15) is 18.0 Å². The van der Waals surface area contributed by atoms with Crippen molar-refractivity contribution in [3.8, 4) is 0 Å². The molecule has 136 valence electrons. The number of rotatable bonds is 3. The zero-order valence-corrected chi connectivity index (χ0v) is 14.1. The molecule has 1 saturated heterocycles. The number of nitrogens with zero attached hydrogens (tertiary/aromatic N) is 5. The summed E-state index contributed by atoms with van der Waals surface area (Å²) in [6.45, 7) is 3.54. The molecule has 0 aromatic carbocycles. The summed E-state index contributed by atoms with van der Waals surface area (Å²) in [7, 11) is 1.56. The lowest BCUT2D eigenvalue weighted by Crippen LogP contribution is -2.39. The number of piperidine rings is 1. The highest BCUT2D eigenvalue weighted by Gasteiger charge is 2.36. The van der Waals surface area contributed by atoms with Gasteiger partial charge in [-0.2, -0.15) is 18.3 Å². The summed E-state index contributed by atoms with van der Waals surface area (Å²) >= 11 is 0. The summed E-state index contributed by atoms with van der Waals surface area (Å²) < 4.78 is 41.7. The maximum absolute atomic E-state index is 12.9. The minimum absolute atomic E-state index is 0.144. The minimum Gasteiger partial charge on any atom is -0.338 e. The van der Waals surface area contributed by atoms with Crippen LogP contribution in [0.15, 0.2) is 18.6 Å². The Bertz CT molecular complexity index is 764. The van der Waals surface area contributed by atoms with Gasteiger partial charge in [0.1, 0.15) is 5.82 Å². The molecule has 2 aromatic heterocycles. The number of aromatic nitrogens is 4. The van der Waals surface area contributed by atoms with Gasteiger partial charge in [0, 0.05) is 45.0 Å². The Labute approximate surface area is 143 Å². The third kappa shape index (κ3) is 3.54. The number of halogens is 3. The van der Waals surface area contributed by atoms with Gasteiger partial charge < -0.3 is 9.47 Å². The number of hydrogen-bond acceptors (Lipinski definition) is 3. The van der Waals surface area contributed by atoms with E-state index in [-0.39, 0.29) is 11.8 Å². The minimum atomic E-state index is -4.46. The molecule has 1 atom stereocenters. The van der Waals surface area contributed by atoms with Gasteiger partial charge >= 0.3 is 6.18 Å². The largest absolute Gasteiger partial charge is 0.434 e. The Balaban J connectivity index is 1.77. The Hall–Kier alpha value is -2.32. The van der Waals surface area contributed by atoms with Crippen LogP contribution in [0, 0.1) is 0 Å². The lowest BCUT2D eigenvalue weighted by atomic mass is 9.96. The molecule has 3 rings (SSSR count). The molecular formula is C16H20F3N5O. The van der Waals surface area contributed by atoms with Crippen LogP contribution in [-0.4, -0.2) is 43.2 Å². The molecule has 1 aliphatic rings. The predicted molar refractivity (Wildman–Crippen MR) is 84.0 cm³/mol. The Morgan fingerprint density at radius 1 is 1.36 bits per heavy atom. The third-order valence-corrected chi connectivity index (χ3v) is 4.48. The van der Waals surface area contributed by atoms with Crippen molar-refractivity contribution in [2.24, 2.45) is 7.05 Å². The van der Waals surface area contributed by atoms with E-state index in [2.05, 4.69) is 10.1 Å². The Kier molecular flexibility index (Phi) is 4.57. The number of aryl methyl sites for hydroxylation is 2. The number of carbonyl (C=O) groups is 1. The molecular weight excluding hydrogens is 335 g/mol. The molecule has 0 spiro atoms. The van der Waals surface area contributed by atoms with Crippen molar-refractivity contribution in [3.63, 3.8) is 0 Å². The molecule has 1 fully saturated rings. The van der Waals surface area contributed by atoms with Crippen molar-refractivity contribution in [1.82, 2.24) is 24.2 Å². The van der Waals surface area contributed by atoms with Crippen molar-refractivity contribution < 1.29 is 18.0 Å². The molecule has 2 aromatic rings. The first-order valence-corrected chi connectivity index (χ1v) is 8.21. The maximum Gasteiger partial charge on any atom is 0.434 e. The van der Waals surface area contributed by atoms with Gasteiger partial charge in [-0.1, -0.05) is 0 Å². The van der Waals surface area contributed by atoms with Crippen molar-refractivity contribution in [3.05, 3.63) is 35.7 Å². The molecule has 25 heavy (non-hydrogen) atoms. The molecule has 6 nitrogen and oxygen atoms in total. The summed E-state index contributed by atoms with van der Waals surface area (Å²) in [6.07, 6.45) is 1.19. The average Bonchev–Trinajstić information content (AvgIpc) is 3.20. The summed E-state index contributed by atoms with van der Waals surface area (Å²) in [5.74, 6) is 0.0174. The number of amides is 1. The summed E-state index contributed by atoms with van der Waals surface area (Å²) in [5.41, 5.74) is -0.393. The van der Waals surface area contributed by atoms with Gasteiger partial charge in [-0.25, -0.2) is 4.98 Å². The zero-order valence-electron chi connectivity index (χ0n) is 14.1. The highest BCUT2D eigenvalue weighted by atomic mass is 19.4. The standard InChI is InChI=1S/C16H20F3N5O/c1-3-24-9-12(7-20-24)15(25)23-6-4-5-11(8-23)14-21-13(10-22(14)2)16(17,18)19/h7,9-11H,3-6,8H2,1-2H3. The van der Waals surface area contributed by atoms with Crippen LogP contribution in [0.1, 0.15) is 47.6 Å². The molecule has 0 aliphatic carbocycles. The van der Waals surface area contributed by atoms with Crippen LogP contribution in [-0.2, 0) is 19.8 Å². The van der Waals surface area contributed by atoms with Crippen LogP contribution in [0.25, 0.3) is 0 Å². The lowest BCUT2D eigenvalue weighted by Gasteiger charge is -2.32. The Morgan fingerprint density at radius 3 is 2.72 bits per heavy atom. The fraction of sp³-hybridized carbons (Fsp3) is 0.562. The fourth-order valence-electron chi connectivity index (χ4n) is 3.20. The van der Waals surface area contributed by atoms with Gasteiger partial charge in [-0.15, -0.1) is 0 Å². The molecule has 3 heterocycles. The van der Waals surface area contributed by atoms with Gasteiger partial charge in [0.15, 0.2) is 5.69 Å². The first-order chi connectivity index (χ1) is 11.8. The van der Waals surface area contributed by atoms with E-state index >= 15 is 0 Å². The van der Waals surface area contributed by atoms with Crippen molar-refractivity contribution in [2.75, 3.05) is 13.1 Å². The average molecular weight is 355 g/mol. The monoisotopic (exact) mass is 355 g/mol. The van der Waals surface area contributed by atoms with Crippen LogP contribution >= 0.6 is 0 Å². The number of hydrogen-bond donors (Lipinski definition) is 0. The summed E-state index contributed by atoms with van der Waals surface area (Å²) in [6, 6.07) is 0. The fourth-order valence-corrected chi connectivity index (χ4v) is 3.20. The molecule has 1 amide bonds. The smallest absolute Gasteiger partial charge is 0.338 e. The zero-order chi connectivity index (χ0) is 18.2. The lowest BCUT2D eigenvalue weighted by molar-refractivity contribution is -0.141. The number of alkyl halides is 3. The van der Waals surface area contributed by atoms with E-state index in [4.69, 9.17) is 0 Å². The van der Waals surface area contributed by atoms with Crippen molar-refractivity contribution in [2.45, 2.75) is 38.4 Å². The topological polar surface area (TPSA) is 56.0 Å².